The number of carboxylic acid groups (broad SMARTS) is 1. The van der Waals surface area contributed by atoms with Crippen LogP contribution in [0.3, 0.4) is 0 Å². The predicted molar refractivity (Wildman–Crippen MR) is 57.2 cm³/mol. The Kier molecular flexibility index (Phi) is 4.27. The fourth-order valence-corrected chi connectivity index (χ4v) is 2.03. The van der Waals surface area contributed by atoms with Crippen molar-refractivity contribution in [2.45, 2.75) is 24.5 Å². The average Bonchev–Trinajstić information content (AvgIpc) is 2.65. The number of carboxylic acids is 1. The first-order valence-electron chi connectivity index (χ1n) is 4.84. The van der Waals surface area contributed by atoms with E-state index in [9.17, 15) is 13.2 Å². The van der Waals surface area contributed by atoms with Crippen LogP contribution in [-0.2, 0) is 10.0 Å². The minimum Gasteiger partial charge on any atom is -0.475 e. The lowest BCUT2D eigenvalue weighted by atomic mass is 10.3. The molecule has 0 aliphatic heterocycles. The van der Waals surface area contributed by atoms with Crippen molar-refractivity contribution in [1.82, 2.24) is 4.72 Å². The van der Waals surface area contributed by atoms with Crippen molar-refractivity contribution in [3.8, 4) is 0 Å². The Labute approximate surface area is 98.1 Å². The summed E-state index contributed by atoms with van der Waals surface area (Å²) >= 11 is 0. The molecule has 0 saturated carbocycles. The topological polar surface area (TPSA) is 117 Å². The second-order valence-electron chi connectivity index (χ2n) is 3.46. The van der Waals surface area contributed by atoms with E-state index in [4.69, 9.17) is 10.2 Å². The van der Waals surface area contributed by atoms with E-state index in [0.29, 0.717) is 0 Å². The third kappa shape index (κ3) is 3.84. The van der Waals surface area contributed by atoms with Crippen molar-refractivity contribution < 1.29 is 27.8 Å². The standard InChI is InChI=1S/C9H13NO6S/c1-6(11)4-5-10-17(14,15)8-3-2-7(16-8)9(12)13/h2-3,6,10-11H,4-5H2,1H3,(H,12,13). The van der Waals surface area contributed by atoms with Crippen molar-refractivity contribution >= 4 is 16.0 Å². The number of aliphatic hydroxyl groups is 1. The summed E-state index contributed by atoms with van der Waals surface area (Å²) in [5.74, 6) is -1.78. The smallest absolute Gasteiger partial charge is 0.371 e. The Morgan fingerprint density at radius 2 is 2.18 bits per heavy atom. The van der Waals surface area contributed by atoms with Gasteiger partial charge in [0.05, 0.1) is 6.10 Å². The number of hydrogen-bond acceptors (Lipinski definition) is 5. The molecule has 1 aromatic rings. The van der Waals surface area contributed by atoms with Gasteiger partial charge >= 0.3 is 5.97 Å². The van der Waals surface area contributed by atoms with Gasteiger partial charge in [-0.3, -0.25) is 0 Å². The van der Waals surface area contributed by atoms with Crippen molar-refractivity contribution in [2.75, 3.05) is 6.54 Å². The molecule has 3 N–H and O–H groups in total. The molecule has 8 heteroatoms. The zero-order chi connectivity index (χ0) is 13.1. The Morgan fingerprint density at radius 1 is 1.53 bits per heavy atom. The molecule has 0 aliphatic rings. The van der Waals surface area contributed by atoms with E-state index in [1.807, 2.05) is 0 Å². The van der Waals surface area contributed by atoms with Gasteiger partial charge in [0.2, 0.25) is 10.9 Å². The summed E-state index contributed by atoms with van der Waals surface area (Å²) in [6, 6.07) is 2.12. The van der Waals surface area contributed by atoms with Gasteiger partial charge in [0.15, 0.2) is 0 Å². The van der Waals surface area contributed by atoms with E-state index >= 15 is 0 Å². The van der Waals surface area contributed by atoms with Crippen LogP contribution >= 0.6 is 0 Å². The molecule has 1 aromatic heterocycles. The Morgan fingerprint density at radius 3 is 2.65 bits per heavy atom. The number of nitrogens with one attached hydrogen (secondary N) is 1. The number of hydrogen-bond donors (Lipinski definition) is 3. The highest BCUT2D eigenvalue weighted by atomic mass is 32.2. The largest absolute Gasteiger partial charge is 0.475 e. The Hall–Kier alpha value is -1.38. The summed E-state index contributed by atoms with van der Waals surface area (Å²) in [6.45, 7) is 1.58. The Balaban J connectivity index is 2.72. The quantitative estimate of drug-likeness (QED) is 0.666. The number of sulfonamides is 1. The average molecular weight is 263 g/mol. The van der Waals surface area contributed by atoms with Crippen LogP contribution in [0, 0.1) is 0 Å². The van der Waals surface area contributed by atoms with Crippen molar-refractivity contribution in [3.05, 3.63) is 17.9 Å². The van der Waals surface area contributed by atoms with E-state index in [-0.39, 0.29) is 13.0 Å². The van der Waals surface area contributed by atoms with Gasteiger partial charge in [-0.15, -0.1) is 0 Å². The zero-order valence-electron chi connectivity index (χ0n) is 9.08. The van der Waals surface area contributed by atoms with Gasteiger partial charge in [-0.1, -0.05) is 0 Å². The number of aliphatic hydroxyl groups excluding tert-OH is 1. The van der Waals surface area contributed by atoms with Gasteiger partial charge in [-0.05, 0) is 25.5 Å². The number of furan rings is 1. The highest BCUT2D eigenvalue weighted by Gasteiger charge is 2.20. The van der Waals surface area contributed by atoms with Crippen LogP contribution in [-0.4, -0.2) is 37.2 Å². The molecule has 1 atom stereocenters. The number of rotatable bonds is 6. The minimum atomic E-state index is -3.86. The van der Waals surface area contributed by atoms with E-state index in [1.54, 1.807) is 0 Å². The van der Waals surface area contributed by atoms with Crippen LogP contribution < -0.4 is 4.72 Å². The fourth-order valence-electron chi connectivity index (χ4n) is 1.05. The molecule has 0 spiro atoms. The first-order chi connectivity index (χ1) is 7.83. The van der Waals surface area contributed by atoms with E-state index in [1.165, 1.54) is 6.92 Å². The fraction of sp³-hybridized carbons (Fsp3) is 0.444. The second kappa shape index (κ2) is 5.30. The van der Waals surface area contributed by atoms with Crippen molar-refractivity contribution in [1.29, 1.82) is 0 Å². The van der Waals surface area contributed by atoms with Gasteiger partial charge in [-0.25, -0.2) is 17.9 Å². The van der Waals surface area contributed by atoms with E-state index in [2.05, 4.69) is 9.14 Å². The molecule has 0 amide bonds. The highest BCUT2D eigenvalue weighted by molar-refractivity contribution is 7.89. The minimum absolute atomic E-state index is 0.0447. The number of aromatic carboxylic acids is 1. The van der Waals surface area contributed by atoms with E-state index < -0.39 is 32.9 Å². The summed E-state index contributed by atoms with van der Waals surface area (Å²) in [4.78, 5) is 10.5. The van der Waals surface area contributed by atoms with Crippen molar-refractivity contribution in [3.63, 3.8) is 0 Å². The first kappa shape index (κ1) is 13.7. The van der Waals surface area contributed by atoms with Gasteiger partial charge in [0.25, 0.3) is 10.0 Å². The third-order valence-electron chi connectivity index (χ3n) is 1.91. The molecule has 7 nitrogen and oxygen atoms in total. The second-order valence-corrected chi connectivity index (χ2v) is 5.16. The summed E-state index contributed by atoms with van der Waals surface area (Å²) in [5, 5.41) is 17.1. The maximum Gasteiger partial charge on any atom is 0.371 e. The summed E-state index contributed by atoms with van der Waals surface area (Å²) in [7, 11) is -3.86. The lowest BCUT2D eigenvalue weighted by Gasteiger charge is -2.05. The normalized spacial score (nSPS) is 13.5. The molecule has 0 fully saturated rings. The summed E-state index contributed by atoms with van der Waals surface area (Å²) < 4.78 is 30.0. The molecule has 0 bridgehead atoms. The molecule has 96 valence electrons. The van der Waals surface area contributed by atoms with E-state index in [0.717, 1.165) is 12.1 Å². The van der Waals surface area contributed by atoms with Crippen LogP contribution in [0.4, 0.5) is 0 Å². The van der Waals surface area contributed by atoms with Crippen LogP contribution in [0.2, 0.25) is 0 Å². The Bertz CT molecular complexity index is 489. The van der Waals surface area contributed by atoms with Gasteiger partial charge in [-0.2, -0.15) is 0 Å². The molecule has 0 aliphatic carbocycles. The van der Waals surface area contributed by atoms with Gasteiger partial charge in [0, 0.05) is 6.54 Å². The molecular formula is C9H13NO6S. The lowest BCUT2D eigenvalue weighted by molar-refractivity contribution is 0.0656. The molecule has 1 rings (SSSR count). The summed E-state index contributed by atoms with van der Waals surface area (Å²) in [5.41, 5.74) is 0. The third-order valence-corrected chi connectivity index (χ3v) is 3.24. The lowest BCUT2D eigenvalue weighted by Crippen LogP contribution is -2.26. The molecule has 0 radical (unpaired) electrons. The maximum atomic E-state index is 11.6. The van der Waals surface area contributed by atoms with Crippen LogP contribution in [0.5, 0.6) is 0 Å². The monoisotopic (exact) mass is 263 g/mol. The molecule has 1 unspecified atom stereocenters. The van der Waals surface area contributed by atoms with Gasteiger partial charge in [0.1, 0.15) is 0 Å². The zero-order valence-corrected chi connectivity index (χ0v) is 9.90. The predicted octanol–water partition coefficient (Wildman–Crippen LogP) is 0.0270. The maximum absolute atomic E-state index is 11.6. The number of carbonyl (C=O) groups is 1. The van der Waals surface area contributed by atoms with Crippen LogP contribution in [0.25, 0.3) is 0 Å². The van der Waals surface area contributed by atoms with Crippen LogP contribution in [0.15, 0.2) is 21.6 Å². The SMILES string of the molecule is CC(O)CCNS(=O)(=O)c1ccc(C(=O)O)o1. The molecular weight excluding hydrogens is 250 g/mol. The highest BCUT2D eigenvalue weighted by Crippen LogP contribution is 2.13. The van der Waals surface area contributed by atoms with Gasteiger partial charge < -0.3 is 14.6 Å². The summed E-state index contributed by atoms with van der Waals surface area (Å²) in [6.07, 6.45) is -0.366. The molecule has 0 saturated heterocycles. The van der Waals surface area contributed by atoms with Crippen LogP contribution in [0.1, 0.15) is 23.9 Å². The molecule has 0 aromatic carbocycles. The molecule has 1 heterocycles. The molecule has 17 heavy (non-hydrogen) atoms. The van der Waals surface area contributed by atoms with Crippen molar-refractivity contribution in [2.24, 2.45) is 0 Å². The first-order valence-corrected chi connectivity index (χ1v) is 6.32.